The van der Waals surface area contributed by atoms with E-state index in [1.165, 1.54) is 4.90 Å². The zero-order valence-corrected chi connectivity index (χ0v) is 13.3. The Hall–Kier alpha value is -2.17. The average molecular weight is 302 g/mol. The van der Waals surface area contributed by atoms with E-state index >= 15 is 0 Å². The highest BCUT2D eigenvalue weighted by molar-refractivity contribution is 6.21. The summed E-state index contributed by atoms with van der Waals surface area (Å²) < 4.78 is 0. The molecule has 1 N–H and O–H groups in total. The zero-order chi connectivity index (χ0) is 16.3. The van der Waals surface area contributed by atoms with Crippen LogP contribution in [0.5, 0.6) is 0 Å². The number of fused-ring (bicyclic) bond motifs is 1. The summed E-state index contributed by atoms with van der Waals surface area (Å²) in [6, 6.07) is 6.81. The smallest absolute Gasteiger partial charge is 0.261 e. The van der Waals surface area contributed by atoms with Crippen LogP contribution >= 0.6 is 0 Å². The highest BCUT2D eigenvalue weighted by Gasteiger charge is 2.34. The van der Waals surface area contributed by atoms with Crippen molar-refractivity contribution < 1.29 is 14.4 Å². The van der Waals surface area contributed by atoms with Crippen LogP contribution in [-0.4, -0.2) is 34.7 Å². The monoisotopic (exact) mass is 302 g/mol. The Labute approximate surface area is 130 Å². The van der Waals surface area contributed by atoms with Crippen molar-refractivity contribution in [2.45, 2.75) is 45.6 Å². The molecular formula is C17H22N2O3. The van der Waals surface area contributed by atoms with E-state index in [2.05, 4.69) is 5.32 Å². The number of rotatable bonds is 6. The Kier molecular flexibility index (Phi) is 4.64. The Morgan fingerprint density at radius 3 is 2.18 bits per heavy atom. The van der Waals surface area contributed by atoms with Crippen LogP contribution in [0.2, 0.25) is 0 Å². The van der Waals surface area contributed by atoms with Gasteiger partial charge in [-0.15, -0.1) is 0 Å². The zero-order valence-electron chi connectivity index (χ0n) is 13.3. The van der Waals surface area contributed by atoms with Crippen LogP contribution in [0.4, 0.5) is 0 Å². The molecule has 2 rings (SSSR count). The molecule has 3 amide bonds. The first-order valence-corrected chi connectivity index (χ1v) is 7.62. The highest BCUT2D eigenvalue weighted by Crippen LogP contribution is 2.22. The molecule has 1 aromatic carbocycles. The van der Waals surface area contributed by atoms with Gasteiger partial charge in [-0.05, 0) is 38.8 Å². The van der Waals surface area contributed by atoms with E-state index in [0.717, 1.165) is 6.42 Å². The van der Waals surface area contributed by atoms with Crippen molar-refractivity contribution in [1.29, 1.82) is 0 Å². The van der Waals surface area contributed by atoms with E-state index in [0.29, 0.717) is 24.0 Å². The third-order valence-electron chi connectivity index (χ3n) is 4.03. The van der Waals surface area contributed by atoms with Crippen molar-refractivity contribution >= 4 is 17.7 Å². The van der Waals surface area contributed by atoms with Gasteiger partial charge in [0.25, 0.3) is 11.8 Å². The summed E-state index contributed by atoms with van der Waals surface area (Å²) in [6.45, 7) is 6.22. The average Bonchev–Trinajstić information content (AvgIpc) is 2.72. The van der Waals surface area contributed by atoms with E-state index in [1.54, 1.807) is 24.3 Å². The first-order valence-electron chi connectivity index (χ1n) is 7.62. The maximum Gasteiger partial charge on any atom is 0.261 e. The lowest BCUT2D eigenvalue weighted by Gasteiger charge is -2.24. The molecule has 0 spiro atoms. The SMILES string of the molecule is CCC(C)(C)NC(=O)CCCN1C(=O)c2ccccc2C1=O. The summed E-state index contributed by atoms with van der Waals surface area (Å²) in [5, 5.41) is 2.94. The van der Waals surface area contributed by atoms with Gasteiger partial charge in [0.15, 0.2) is 0 Å². The standard InChI is InChI=1S/C17H22N2O3/c1-4-17(2,3)18-14(20)10-7-11-19-15(21)12-8-5-6-9-13(12)16(19)22/h5-6,8-9H,4,7,10-11H2,1-3H3,(H,18,20). The third kappa shape index (κ3) is 3.35. The minimum Gasteiger partial charge on any atom is -0.351 e. The minimum atomic E-state index is -0.269. The lowest BCUT2D eigenvalue weighted by atomic mass is 10.0. The van der Waals surface area contributed by atoms with E-state index < -0.39 is 0 Å². The van der Waals surface area contributed by atoms with Crippen LogP contribution in [0, 0.1) is 0 Å². The van der Waals surface area contributed by atoms with Crippen molar-refractivity contribution in [2.75, 3.05) is 6.54 Å². The molecular weight excluding hydrogens is 280 g/mol. The van der Waals surface area contributed by atoms with E-state index in [-0.39, 0.29) is 29.8 Å². The number of nitrogens with one attached hydrogen (secondary N) is 1. The predicted octanol–water partition coefficient (Wildman–Crippen LogP) is 2.37. The number of nitrogens with zero attached hydrogens (tertiary/aromatic N) is 1. The molecule has 1 aromatic rings. The first-order chi connectivity index (χ1) is 10.4. The van der Waals surface area contributed by atoms with Crippen molar-refractivity contribution in [2.24, 2.45) is 0 Å². The fourth-order valence-electron chi connectivity index (χ4n) is 2.37. The number of carbonyl (C=O) groups excluding carboxylic acids is 3. The molecule has 5 nitrogen and oxygen atoms in total. The fourth-order valence-corrected chi connectivity index (χ4v) is 2.37. The summed E-state index contributed by atoms with van der Waals surface area (Å²) in [7, 11) is 0. The maximum atomic E-state index is 12.2. The predicted molar refractivity (Wildman–Crippen MR) is 83.6 cm³/mol. The molecule has 5 heteroatoms. The number of imide groups is 1. The van der Waals surface area contributed by atoms with Crippen LogP contribution in [-0.2, 0) is 4.79 Å². The van der Waals surface area contributed by atoms with E-state index in [9.17, 15) is 14.4 Å². The topological polar surface area (TPSA) is 66.5 Å². The Balaban J connectivity index is 1.88. The van der Waals surface area contributed by atoms with Gasteiger partial charge in [0.1, 0.15) is 0 Å². The largest absolute Gasteiger partial charge is 0.351 e. The molecule has 0 unspecified atom stereocenters. The van der Waals surface area contributed by atoms with Crippen LogP contribution in [0.25, 0.3) is 0 Å². The normalized spacial score (nSPS) is 14.2. The second-order valence-corrected chi connectivity index (χ2v) is 6.20. The molecule has 0 saturated carbocycles. The van der Waals surface area contributed by atoms with Gasteiger partial charge in [-0.1, -0.05) is 19.1 Å². The number of hydrogen-bond acceptors (Lipinski definition) is 3. The molecule has 0 radical (unpaired) electrons. The quantitative estimate of drug-likeness (QED) is 0.820. The fraction of sp³-hybridized carbons (Fsp3) is 0.471. The highest BCUT2D eigenvalue weighted by atomic mass is 16.2. The maximum absolute atomic E-state index is 12.2. The molecule has 0 aromatic heterocycles. The molecule has 1 aliphatic heterocycles. The van der Waals surface area contributed by atoms with Crippen LogP contribution in [0.1, 0.15) is 60.7 Å². The van der Waals surface area contributed by atoms with Crippen molar-refractivity contribution in [1.82, 2.24) is 10.2 Å². The van der Waals surface area contributed by atoms with Gasteiger partial charge in [0, 0.05) is 18.5 Å². The van der Waals surface area contributed by atoms with Gasteiger partial charge in [0.05, 0.1) is 11.1 Å². The molecule has 118 valence electrons. The Bertz CT molecular complexity index is 573. The Morgan fingerprint density at radius 2 is 1.68 bits per heavy atom. The molecule has 22 heavy (non-hydrogen) atoms. The molecule has 0 aliphatic carbocycles. The first kappa shape index (κ1) is 16.2. The molecule has 0 saturated heterocycles. The molecule has 0 atom stereocenters. The number of amides is 3. The lowest BCUT2D eigenvalue weighted by molar-refractivity contribution is -0.122. The summed E-state index contributed by atoms with van der Waals surface area (Å²) in [6.07, 6.45) is 1.62. The van der Waals surface area contributed by atoms with Gasteiger partial charge in [-0.25, -0.2) is 0 Å². The van der Waals surface area contributed by atoms with Crippen molar-refractivity contribution in [3.63, 3.8) is 0 Å². The number of benzene rings is 1. The van der Waals surface area contributed by atoms with Gasteiger partial charge in [-0.3, -0.25) is 19.3 Å². The van der Waals surface area contributed by atoms with Crippen LogP contribution in [0.15, 0.2) is 24.3 Å². The third-order valence-corrected chi connectivity index (χ3v) is 4.03. The van der Waals surface area contributed by atoms with Gasteiger partial charge < -0.3 is 5.32 Å². The summed E-state index contributed by atoms with van der Waals surface area (Å²) in [5.41, 5.74) is 0.667. The van der Waals surface area contributed by atoms with E-state index in [4.69, 9.17) is 0 Å². The Morgan fingerprint density at radius 1 is 1.14 bits per heavy atom. The van der Waals surface area contributed by atoms with Crippen LogP contribution < -0.4 is 5.32 Å². The second kappa shape index (κ2) is 6.30. The van der Waals surface area contributed by atoms with Crippen LogP contribution in [0.3, 0.4) is 0 Å². The summed E-state index contributed by atoms with van der Waals surface area (Å²) in [5.74, 6) is -0.590. The minimum absolute atomic E-state index is 0.0524. The van der Waals surface area contributed by atoms with Crippen molar-refractivity contribution in [3.8, 4) is 0 Å². The number of carbonyl (C=O) groups is 3. The summed E-state index contributed by atoms with van der Waals surface area (Å²) >= 11 is 0. The van der Waals surface area contributed by atoms with Crippen molar-refractivity contribution in [3.05, 3.63) is 35.4 Å². The van der Waals surface area contributed by atoms with E-state index in [1.807, 2.05) is 20.8 Å². The van der Waals surface area contributed by atoms with Gasteiger partial charge in [-0.2, -0.15) is 0 Å². The summed E-state index contributed by atoms with van der Waals surface area (Å²) in [4.78, 5) is 37.4. The lowest BCUT2D eigenvalue weighted by Crippen LogP contribution is -2.43. The molecule has 0 bridgehead atoms. The second-order valence-electron chi connectivity index (χ2n) is 6.20. The van der Waals surface area contributed by atoms with Gasteiger partial charge in [0.2, 0.25) is 5.91 Å². The number of hydrogen-bond donors (Lipinski definition) is 1. The van der Waals surface area contributed by atoms with Gasteiger partial charge >= 0.3 is 0 Å². The molecule has 0 fully saturated rings. The molecule has 1 aliphatic rings. The molecule has 1 heterocycles.